The minimum absolute atomic E-state index is 0.0270. The summed E-state index contributed by atoms with van der Waals surface area (Å²) in [5.74, 6) is -3.12. The highest BCUT2D eigenvalue weighted by Gasteiger charge is 2.39. The number of imide groups is 2. The predicted octanol–water partition coefficient (Wildman–Crippen LogP) is 3.19. The smallest absolute Gasteiger partial charge is 0.268 e. The first-order chi connectivity index (χ1) is 15.4. The van der Waals surface area contributed by atoms with Gasteiger partial charge in [0.05, 0.1) is 27.9 Å². The van der Waals surface area contributed by atoms with E-state index in [0.29, 0.717) is 10.7 Å². The van der Waals surface area contributed by atoms with Crippen molar-refractivity contribution in [3.8, 4) is 0 Å². The summed E-state index contributed by atoms with van der Waals surface area (Å²) < 4.78 is 0.796. The van der Waals surface area contributed by atoms with Gasteiger partial charge < -0.3 is 0 Å². The molecule has 0 radical (unpaired) electrons. The van der Waals surface area contributed by atoms with Crippen molar-refractivity contribution in [2.45, 2.75) is 0 Å². The highest BCUT2D eigenvalue weighted by Crippen LogP contribution is 2.30. The number of carbonyl (C=O) groups is 5. The number of carbonyl (C=O) groups excluding carboxylic acids is 5. The average molecular weight is 490 g/mol. The fourth-order valence-corrected chi connectivity index (χ4v) is 3.93. The summed E-state index contributed by atoms with van der Waals surface area (Å²) in [5.41, 5.74) is 3.32. The maximum absolute atomic E-state index is 12.9. The molecule has 32 heavy (non-hydrogen) atoms. The van der Waals surface area contributed by atoms with E-state index in [9.17, 15) is 24.0 Å². The molecule has 2 heterocycles. The van der Waals surface area contributed by atoms with Crippen LogP contribution in [-0.2, 0) is 0 Å². The third kappa shape index (κ3) is 2.94. The zero-order valence-corrected chi connectivity index (χ0v) is 17.8. The fourth-order valence-electron chi connectivity index (χ4n) is 3.66. The molecule has 0 aromatic heterocycles. The molecule has 8 nitrogen and oxygen atoms in total. The van der Waals surface area contributed by atoms with Crippen LogP contribution in [0, 0.1) is 0 Å². The van der Waals surface area contributed by atoms with Gasteiger partial charge in [-0.25, -0.2) is 4.90 Å². The minimum Gasteiger partial charge on any atom is -0.268 e. The molecule has 0 fully saturated rings. The molecule has 9 heteroatoms. The Balaban J connectivity index is 1.41. The van der Waals surface area contributed by atoms with Gasteiger partial charge in [0.15, 0.2) is 0 Å². The van der Waals surface area contributed by atoms with Crippen LogP contribution < -0.4 is 10.3 Å². The van der Waals surface area contributed by atoms with Crippen molar-refractivity contribution in [3.63, 3.8) is 0 Å². The van der Waals surface area contributed by atoms with E-state index >= 15 is 0 Å². The monoisotopic (exact) mass is 489 g/mol. The number of hydrogen-bond donors (Lipinski definition) is 1. The van der Waals surface area contributed by atoms with E-state index in [4.69, 9.17) is 0 Å². The number of amides is 5. The van der Waals surface area contributed by atoms with Crippen molar-refractivity contribution in [2.24, 2.45) is 0 Å². The van der Waals surface area contributed by atoms with Crippen LogP contribution in [0.5, 0.6) is 0 Å². The molecule has 3 aromatic carbocycles. The van der Waals surface area contributed by atoms with Gasteiger partial charge in [0, 0.05) is 10.0 Å². The van der Waals surface area contributed by atoms with E-state index in [1.165, 1.54) is 30.3 Å². The summed E-state index contributed by atoms with van der Waals surface area (Å²) in [6.07, 6.45) is 0. The summed E-state index contributed by atoms with van der Waals surface area (Å²) in [4.78, 5) is 64.4. The Bertz CT molecular complexity index is 1330. The molecule has 2 aliphatic heterocycles. The summed E-state index contributed by atoms with van der Waals surface area (Å²) in [7, 11) is 0. The van der Waals surface area contributed by atoms with E-state index in [1.807, 2.05) is 0 Å². The van der Waals surface area contributed by atoms with Gasteiger partial charge in [-0.2, -0.15) is 5.01 Å². The minimum atomic E-state index is -0.760. The summed E-state index contributed by atoms with van der Waals surface area (Å²) in [6.45, 7) is 0. The Morgan fingerprint density at radius 1 is 0.688 bits per heavy atom. The van der Waals surface area contributed by atoms with E-state index in [2.05, 4.69) is 21.4 Å². The first kappa shape index (κ1) is 19.8. The lowest BCUT2D eigenvalue weighted by molar-refractivity contribution is 0.0518. The second kappa shape index (κ2) is 7.24. The Morgan fingerprint density at radius 2 is 1.25 bits per heavy atom. The molecule has 2 aliphatic rings. The summed E-state index contributed by atoms with van der Waals surface area (Å²) in [5, 5.41) is 0.640. The number of anilines is 1. The van der Waals surface area contributed by atoms with Crippen LogP contribution in [0.4, 0.5) is 5.69 Å². The van der Waals surface area contributed by atoms with Crippen LogP contribution in [0.1, 0.15) is 51.8 Å². The largest absolute Gasteiger partial charge is 0.280 e. The van der Waals surface area contributed by atoms with E-state index in [0.717, 1.165) is 9.37 Å². The number of nitrogens with zero attached hydrogens (tertiary/aromatic N) is 2. The third-order valence-corrected chi connectivity index (χ3v) is 5.77. The molecule has 0 saturated carbocycles. The maximum Gasteiger partial charge on any atom is 0.280 e. The van der Waals surface area contributed by atoms with Crippen LogP contribution in [0.2, 0.25) is 0 Å². The number of fused-ring (bicyclic) bond motifs is 2. The number of halogens is 1. The molecule has 0 atom stereocenters. The topological polar surface area (TPSA) is 104 Å². The zero-order chi connectivity index (χ0) is 22.6. The zero-order valence-electron chi connectivity index (χ0n) is 16.2. The molecular formula is C23H12BrN3O5. The Labute approximate surface area is 189 Å². The van der Waals surface area contributed by atoms with Gasteiger partial charge in [0.1, 0.15) is 0 Å². The molecule has 0 unspecified atom stereocenters. The molecule has 5 rings (SSSR count). The van der Waals surface area contributed by atoms with Crippen molar-refractivity contribution in [1.82, 2.24) is 10.4 Å². The average Bonchev–Trinajstić information content (AvgIpc) is 3.19. The second-order valence-corrected chi connectivity index (χ2v) is 8.03. The Morgan fingerprint density at radius 3 is 1.88 bits per heavy atom. The number of nitrogens with one attached hydrogen (secondary N) is 1. The molecule has 0 bridgehead atoms. The number of hydrogen-bond acceptors (Lipinski definition) is 5. The van der Waals surface area contributed by atoms with Gasteiger partial charge in [-0.3, -0.25) is 29.4 Å². The molecule has 0 aliphatic carbocycles. The first-order valence-corrected chi connectivity index (χ1v) is 10.2. The lowest BCUT2D eigenvalue weighted by Crippen LogP contribution is -2.45. The predicted molar refractivity (Wildman–Crippen MR) is 116 cm³/mol. The van der Waals surface area contributed by atoms with Gasteiger partial charge in [-0.1, -0.05) is 28.1 Å². The van der Waals surface area contributed by atoms with Crippen molar-refractivity contribution in [3.05, 3.63) is 99.0 Å². The van der Waals surface area contributed by atoms with Crippen molar-refractivity contribution in [2.75, 3.05) is 4.90 Å². The SMILES string of the molecule is O=C(NN1C(=O)c2ccccc2C1=O)c1ccc2c(c1)C(=O)N(c1ccc(Br)cc1)C2=O. The van der Waals surface area contributed by atoms with Crippen LogP contribution in [-0.4, -0.2) is 34.5 Å². The summed E-state index contributed by atoms with van der Waals surface area (Å²) >= 11 is 3.31. The highest BCUT2D eigenvalue weighted by atomic mass is 79.9. The van der Waals surface area contributed by atoms with Gasteiger partial charge >= 0.3 is 0 Å². The van der Waals surface area contributed by atoms with E-state index in [1.54, 1.807) is 36.4 Å². The van der Waals surface area contributed by atoms with Crippen LogP contribution >= 0.6 is 15.9 Å². The molecule has 0 spiro atoms. The van der Waals surface area contributed by atoms with E-state index < -0.39 is 29.5 Å². The van der Waals surface area contributed by atoms with Crippen LogP contribution in [0.15, 0.2) is 71.2 Å². The number of hydrazine groups is 1. The van der Waals surface area contributed by atoms with Crippen molar-refractivity contribution >= 4 is 51.2 Å². The second-order valence-electron chi connectivity index (χ2n) is 7.11. The van der Waals surface area contributed by atoms with Crippen LogP contribution in [0.25, 0.3) is 0 Å². The first-order valence-electron chi connectivity index (χ1n) is 9.44. The molecular weight excluding hydrogens is 478 g/mol. The number of benzene rings is 3. The molecule has 3 aromatic rings. The van der Waals surface area contributed by atoms with Gasteiger partial charge in [0.2, 0.25) is 0 Å². The quantitative estimate of drug-likeness (QED) is 0.569. The Hall–Kier alpha value is -4.11. The normalized spacial score (nSPS) is 14.7. The Kier molecular flexibility index (Phi) is 4.49. The van der Waals surface area contributed by atoms with Gasteiger partial charge in [-0.05, 0) is 54.6 Å². The summed E-state index contributed by atoms with van der Waals surface area (Å²) in [6, 6.07) is 16.9. The lowest BCUT2D eigenvalue weighted by Gasteiger charge is -2.15. The van der Waals surface area contributed by atoms with Crippen molar-refractivity contribution in [1.29, 1.82) is 0 Å². The highest BCUT2D eigenvalue weighted by molar-refractivity contribution is 9.10. The third-order valence-electron chi connectivity index (χ3n) is 5.24. The van der Waals surface area contributed by atoms with Gasteiger partial charge in [0.25, 0.3) is 29.5 Å². The molecule has 156 valence electrons. The number of rotatable bonds is 3. The van der Waals surface area contributed by atoms with Crippen LogP contribution in [0.3, 0.4) is 0 Å². The molecule has 0 saturated heterocycles. The fraction of sp³-hybridized carbons (Fsp3) is 0. The molecule has 1 N–H and O–H groups in total. The maximum atomic E-state index is 12.9. The lowest BCUT2D eigenvalue weighted by atomic mass is 10.1. The van der Waals surface area contributed by atoms with Gasteiger partial charge in [-0.15, -0.1) is 0 Å². The molecule has 5 amide bonds. The standard InChI is InChI=1S/C23H12BrN3O5/c24-13-6-8-14(9-7-13)26-20(29)17-10-5-12(11-18(17)21(26)30)19(28)25-27-22(31)15-3-1-2-4-16(15)23(27)32/h1-11H,(H,25,28). The van der Waals surface area contributed by atoms with E-state index in [-0.39, 0.29) is 27.8 Å². The van der Waals surface area contributed by atoms with Crippen molar-refractivity contribution < 1.29 is 24.0 Å².